The van der Waals surface area contributed by atoms with Crippen molar-refractivity contribution in [2.45, 2.75) is 20.8 Å². The number of aromatic nitrogens is 3. The molecule has 3 aromatic rings. The third-order valence-electron chi connectivity index (χ3n) is 3.27. The number of aromatic amines is 1. The van der Waals surface area contributed by atoms with E-state index in [1.165, 1.54) is 11.1 Å². The maximum absolute atomic E-state index is 4.55. The Morgan fingerprint density at radius 2 is 1.72 bits per heavy atom. The zero-order chi connectivity index (χ0) is 12.7. The second-order valence-electron chi connectivity index (χ2n) is 4.71. The Bertz CT molecular complexity index is 726. The van der Waals surface area contributed by atoms with Gasteiger partial charge in [0.1, 0.15) is 5.82 Å². The second kappa shape index (κ2) is 3.95. The van der Waals surface area contributed by atoms with E-state index in [2.05, 4.69) is 47.0 Å². The Balaban J connectivity index is 2.16. The van der Waals surface area contributed by atoms with Crippen LogP contribution in [-0.2, 0) is 0 Å². The number of rotatable bonds is 1. The summed E-state index contributed by atoms with van der Waals surface area (Å²) in [6, 6.07) is 10.4. The second-order valence-corrected chi connectivity index (χ2v) is 4.71. The number of nitrogens with zero attached hydrogens (tertiary/aromatic N) is 2. The highest BCUT2D eigenvalue weighted by Gasteiger charge is 2.07. The molecule has 2 aromatic heterocycles. The Labute approximate surface area is 106 Å². The van der Waals surface area contributed by atoms with Crippen molar-refractivity contribution in [1.82, 2.24) is 15.0 Å². The van der Waals surface area contributed by atoms with E-state index in [4.69, 9.17) is 0 Å². The standard InChI is InChI=1S/C15H15N3/c1-9-4-6-12(8-10(9)2)14-17-13-7-5-11(3)16-15(13)18-14/h4-8H,1-3H3,(H,16,17,18). The van der Waals surface area contributed by atoms with Gasteiger partial charge in [-0.15, -0.1) is 0 Å². The summed E-state index contributed by atoms with van der Waals surface area (Å²) >= 11 is 0. The van der Waals surface area contributed by atoms with Crippen molar-refractivity contribution in [2.75, 3.05) is 0 Å². The van der Waals surface area contributed by atoms with E-state index < -0.39 is 0 Å². The highest BCUT2D eigenvalue weighted by atomic mass is 15.0. The van der Waals surface area contributed by atoms with Gasteiger partial charge in [-0.05, 0) is 50.1 Å². The lowest BCUT2D eigenvalue weighted by molar-refractivity contribution is 1.22. The lowest BCUT2D eigenvalue weighted by atomic mass is 10.1. The maximum Gasteiger partial charge on any atom is 0.178 e. The van der Waals surface area contributed by atoms with Crippen molar-refractivity contribution in [3.63, 3.8) is 0 Å². The Morgan fingerprint density at radius 1 is 0.889 bits per heavy atom. The summed E-state index contributed by atoms with van der Waals surface area (Å²) in [6.07, 6.45) is 0. The van der Waals surface area contributed by atoms with Crippen molar-refractivity contribution < 1.29 is 0 Å². The number of hydrogen-bond acceptors (Lipinski definition) is 2. The van der Waals surface area contributed by atoms with Gasteiger partial charge in [-0.1, -0.05) is 12.1 Å². The van der Waals surface area contributed by atoms with Gasteiger partial charge in [0.2, 0.25) is 0 Å². The zero-order valence-electron chi connectivity index (χ0n) is 10.8. The van der Waals surface area contributed by atoms with Crippen molar-refractivity contribution in [3.8, 4) is 11.4 Å². The number of imidazole rings is 1. The molecule has 0 atom stereocenters. The molecule has 1 N–H and O–H groups in total. The molecule has 0 aliphatic rings. The lowest BCUT2D eigenvalue weighted by Gasteiger charge is -2.01. The maximum atomic E-state index is 4.55. The molecule has 0 spiro atoms. The molecule has 0 bridgehead atoms. The van der Waals surface area contributed by atoms with Gasteiger partial charge < -0.3 is 4.98 Å². The number of hydrogen-bond donors (Lipinski definition) is 1. The first-order valence-electron chi connectivity index (χ1n) is 6.04. The number of nitrogens with one attached hydrogen (secondary N) is 1. The number of benzene rings is 1. The van der Waals surface area contributed by atoms with Crippen LogP contribution in [0.5, 0.6) is 0 Å². The largest absolute Gasteiger partial charge is 0.337 e. The predicted molar refractivity (Wildman–Crippen MR) is 73.5 cm³/mol. The molecule has 18 heavy (non-hydrogen) atoms. The molecule has 3 heteroatoms. The fraction of sp³-hybridized carbons (Fsp3) is 0.200. The van der Waals surface area contributed by atoms with Crippen LogP contribution in [0.15, 0.2) is 30.3 Å². The summed E-state index contributed by atoms with van der Waals surface area (Å²) in [7, 11) is 0. The molecule has 0 saturated carbocycles. The third-order valence-corrected chi connectivity index (χ3v) is 3.27. The minimum atomic E-state index is 0.781. The fourth-order valence-corrected chi connectivity index (χ4v) is 2.01. The molecule has 0 unspecified atom stereocenters. The van der Waals surface area contributed by atoms with Crippen LogP contribution in [-0.4, -0.2) is 15.0 Å². The number of fused-ring (bicyclic) bond motifs is 1. The Hall–Kier alpha value is -2.16. The van der Waals surface area contributed by atoms with Crippen LogP contribution in [0.1, 0.15) is 16.8 Å². The molecule has 0 saturated heterocycles. The summed E-state index contributed by atoms with van der Waals surface area (Å²) in [5.41, 5.74) is 6.42. The third kappa shape index (κ3) is 1.78. The van der Waals surface area contributed by atoms with Crippen molar-refractivity contribution in [2.24, 2.45) is 0 Å². The normalized spacial score (nSPS) is 11.1. The van der Waals surface area contributed by atoms with Crippen LogP contribution in [0.2, 0.25) is 0 Å². The Kier molecular flexibility index (Phi) is 2.40. The molecule has 90 valence electrons. The van der Waals surface area contributed by atoms with E-state index in [0.717, 1.165) is 28.2 Å². The monoisotopic (exact) mass is 237 g/mol. The van der Waals surface area contributed by atoms with Gasteiger partial charge in [-0.25, -0.2) is 9.97 Å². The van der Waals surface area contributed by atoms with E-state index in [1.807, 2.05) is 19.1 Å². The predicted octanol–water partition coefficient (Wildman–Crippen LogP) is 3.55. The van der Waals surface area contributed by atoms with Crippen LogP contribution in [0, 0.1) is 20.8 Å². The van der Waals surface area contributed by atoms with E-state index in [1.54, 1.807) is 0 Å². The molecular weight excluding hydrogens is 222 g/mol. The first kappa shape index (κ1) is 11.0. The lowest BCUT2D eigenvalue weighted by Crippen LogP contribution is -1.85. The molecule has 3 rings (SSSR count). The fourth-order valence-electron chi connectivity index (χ4n) is 2.01. The van der Waals surface area contributed by atoms with Gasteiger partial charge in [0, 0.05) is 11.3 Å². The molecule has 1 aromatic carbocycles. The van der Waals surface area contributed by atoms with Crippen molar-refractivity contribution in [3.05, 3.63) is 47.2 Å². The molecule has 0 amide bonds. The number of H-pyrrole nitrogens is 1. The van der Waals surface area contributed by atoms with Gasteiger partial charge in [0.25, 0.3) is 0 Å². The summed E-state index contributed by atoms with van der Waals surface area (Å²) in [4.78, 5) is 12.3. The van der Waals surface area contributed by atoms with Crippen LogP contribution in [0.25, 0.3) is 22.6 Å². The molecular formula is C15H15N3. The van der Waals surface area contributed by atoms with Crippen LogP contribution < -0.4 is 0 Å². The highest BCUT2D eigenvalue weighted by molar-refractivity contribution is 5.76. The highest BCUT2D eigenvalue weighted by Crippen LogP contribution is 2.21. The van der Waals surface area contributed by atoms with Crippen LogP contribution in [0.3, 0.4) is 0 Å². The van der Waals surface area contributed by atoms with Crippen LogP contribution >= 0.6 is 0 Å². The van der Waals surface area contributed by atoms with Gasteiger partial charge >= 0.3 is 0 Å². The number of pyridine rings is 1. The minimum Gasteiger partial charge on any atom is -0.337 e. The van der Waals surface area contributed by atoms with Gasteiger partial charge in [0.05, 0.1) is 5.52 Å². The molecule has 0 radical (unpaired) electrons. The SMILES string of the molecule is Cc1ccc2[nH]c(-c3ccc(C)c(C)c3)nc2n1. The molecule has 0 aliphatic heterocycles. The van der Waals surface area contributed by atoms with E-state index in [9.17, 15) is 0 Å². The van der Waals surface area contributed by atoms with E-state index in [0.29, 0.717) is 0 Å². The average Bonchev–Trinajstić information content (AvgIpc) is 2.75. The Morgan fingerprint density at radius 3 is 2.50 bits per heavy atom. The van der Waals surface area contributed by atoms with Gasteiger partial charge in [-0.3, -0.25) is 0 Å². The van der Waals surface area contributed by atoms with Gasteiger partial charge in [0.15, 0.2) is 5.65 Å². The van der Waals surface area contributed by atoms with Crippen LogP contribution in [0.4, 0.5) is 0 Å². The van der Waals surface area contributed by atoms with Gasteiger partial charge in [-0.2, -0.15) is 0 Å². The summed E-state index contributed by atoms with van der Waals surface area (Å²) < 4.78 is 0. The zero-order valence-corrected chi connectivity index (χ0v) is 10.8. The smallest absolute Gasteiger partial charge is 0.178 e. The molecule has 0 fully saturated rings. The quantitative estimate of drug-likeness (QED) is 0.703. The summed E-state index contributed by atoms with van der Waals surface area (Å²) in [5.74, 6) is 0.881. The first-order chi connectivity index (χ1) is 8.63. The van der Waals surface area contributed by atoms with E-state index in [-0.39, 0.29) is 0 Å². The summed E-state index contributed by atoms with van der Waals surface area (Å²) in [6.45, 7) is 6.20. The number of aryl methyl sites for hydroxylation is 3. The van der Waals surface area contributed by atoms with Crippen molar-refractivity contribution >= 4 is 11.2 Å². The molecule has 0 aliphatic carbocycles. The minimum absolute atomic E-state index is 0.781. The van der Waals surface area contributed by atoms with Crippen molar-refractivity contribution in [1.29, 1.82) is 0 Å². The summed E-state index contributed by atoms with van der Waals surface area (Å²) in [5, 5.41) is 0. The molecule has 2 heterocycles. The molecule has 3 nitrogen and oxygen atoms in total. The first-order valence-corrected chi connectivity index (χ1v) is 6.04. The topological polar surface area (TPSA) is 41.6 Å². The average molecular weight is 237 g/mol. The van der Waals surface area contributed by atoms with E-state index >= 15 is 0 Å².